The Morgan fingerprint density at radius 3 is 2.74 bits per heavy atom. The number of hydrogen-bond acceptors (Lipinski definition) is 8. The van der Waals surface area contributed by atoms with E-state index in [0.717, 1.165) is 46.4 Å². The first-order valence-electron chi connectivity index (χ1n) is 9.43. The highest BCUT2D eigenvalue weighted by Crippen LogP contribution is 2.30. The second kappa shape index (κ2) is 7.82. The SMILES string of the molecule is Cc1cc(Nc2nc(N[C@H]3CC[C@H](CN(C)C)CC3)c3occc3n2)sn1. The molecule has 144 valence electrons. The van der Waals surface area contributed by atoms with Gasteiger partial charge in [0.05, 0.1) is 12.0 Å². The fraction of sp³-hybridized carbons (Fsp3) is 0.526. The summed E-state index contributed by atoms with van der Waals surface area (Å²) in [6.07, 6.45) is 6.46. The van der Waals surface area contributed by atoms with E-state index in [1.807, 2.05) is 19.1 Å². The first kappa shape index (κ1) is 18.2. The zero-order valence-electron chi connectivity index (χ0n) is 16.0. The van der Waals surface area contributed by atoms with Crippen molar-refractivity contribution in [1.82, 2.24) is 19.2 Å². The van der Waals surface area contributed by atoms with Crippen LogP contribution < -0.4 is 10.6 Å². The summed E-state index contributed by atoms with van der Waals surface area (Å²) in [4.78, 5) is 11.5. The lowest BCUT2D eigenvalue weighted by molar-refractivity contribution is 0.255. The van der Waals surface area contributed by atoms with Gasteiger partial charge in [0.2, 0.25) is 5.95 Å². The zero-order valence-corrected chi connectivity index (χ0v) is 16.8. The standard InChI is InChI=1S/C19H26N6OS/c1-12-10-16(27-24-12)22-19-21-15-8-9-26-17(15)18(23-19)20-14-6-4-13(5-7-14)11-25(2)3/h8-10,13-14H,4-7,11H2,1-3H3,(H2,20,21,22,23)/t13-,14-. The van der Waals surface area contributed by atoms with Crippen LogP contribution in [-0.4, -0.2) is 45.9 Å². The van der Waals surface area contributed by atoms with Crippen LogP contribution in [0.15, 0.2) is 22.8 Å². The van der Waals surface area contributed by atoms with Gasteiger partial charge in [-0.25, -0.2) is 4.98 Å². The van der Waals surface area contributed by atoms with Crippen LogP contribution in [0.1, 0.15) is 31.4 Å². The van der Waals surface area contributed by atoms with Crippen LogP contribution in [0, 0.1) is 12.8 Å². The third kappa shape index (κ3) is 4.39. The molecule has 3 heterocycles. The lowest BCUT2D eigenvalue weighted by atomic mass is 9.86. The molecular formula is C19H26N6OS. The van der Waals surface area contributed by atoms with Crippen molar-refractivity contribution < 1.29 is 4.42 Å². The molecule has 1 aliphatic carbocycles. The van der Waals surface area contributed by atoms with Crippen LogP contribution in [0.3, 0.4) is 0 Å². The summed E-state index contributed by atoms with van der Waals surface area (Å²) in [6.45, 7) is 3.15. The molecule has 0 aromatic carbocycles. The Hall–Kier alpha value is -2.19. The number of nitrogens with one attached hydrogen (secondary N) is 2. The van der Waals surface area contributed by atoms with Gasteiger partial charge < -0.3 is 20.0 Å². The maximum atomic E-state index is 5.64. The second-order valence-electron chi connectivity index (χ2n) is 7.61. The van der Waals surface area contributed by atoms with Crippen molar-refractivity contribution >= 4 is 39.4 Å². The smallest absolute Gasteiger partial charge is 0.230 e. The Bertz CT molecular complexity index is 897. The number of anilines is 3. The van der Waals surface area contributed by atoms with E-state index >= 15 is 0 Å². The van der Waals surface area contributed by atoms with Crippen LogP contribution in [0.4, 0.5) is 16.8 Å². The van der Waals surface area contributed by atoms with Gasteiger partial charge in [-0.05, 0) is 70.2 Å². The molecule has 0 bridgehead atoms. The van der Waals surface area contributed by atoms with Gasteiger partial charge in [0, 0.05) is 18.7 Å². The van der Waals surface area contributed by atoms with Crippen LogP contribution in [0.5, 0.6) is 0 Å². The molecule has 0 atom stereocenters. The largest absolute Gasteiger partial charge is 0.459 e. The summed E-state index contributed by atoms with van der Waals surface area (Å²) in [7, 11) is 4.30. The molecule has 8 heteroatoms. The lowest BCUT2D eigenvalue weighted by Gasteiger charge is -2.30. The van der Waals surface area contributed by atoms with E-state index < -0.39 is 0 Å². The average Bonchev–Trinajstić information content (AvgIpc) is 3.25. The minimum atomic E-state index is 0.421. The van der Waals surface area contributed by atoms with Gasteiger partial charge in [0.15, 0.2) is 11.4 Å². The molecule has 0 unspecified atom stereocenters. The van der Waals surface area contributed by atoms with Gasteiger partial charge in [-0.15, -0.1) is 0 Å². The number of rotatable bonds is 6. The van der Waals surface area contributed by atoms with Crippen molar-refractivity contribution in [2.45, 2.75) is 38.6 Å². The third-order valence-corrected chi connectivity index (χ3v) is 5.77. The van der Waals surface area contributed by atoms with E-state index in [0.29, 0.717) is 12.0 Å². The Labute approximate surface area is 163 Å². The Kier molecular flexibility index (Phi) is 5.27. The molecule has 1 saturated carbocycles. The molecule has 4 rings (SSSR count). The van der Waals surface area contributed by atoms with Crippen LogP contribution in [-0.2, 0) is 0 Å². The van der Waals surface area contributed by atoms with E-state index in [1.54, 1.807) is 6.26 Å². The first-order chi connectivity index (χ1) is 13.1. The molecule has 0 amide bonds. The van der Waals surface area contributed by atoms with Crippen molar-refractivity contribution in [3.8, 4) is 0 Å². The Morgan fingerprint density at radius 1 is 1.22 bits per heavy atom. The summed E-state index contributed by atoms with van der Waals surface area (Å²) in [5.74, 6) is 2.13. The summed E-state index contributed by atoms with van der Waals surface area (Å²) >= 11 is 1.41. The normalized spacial score (nSPS) is 20.3. The quantitative estimate of drug-likeness (QED) is 0.655. The van der Waals surface area contributed by atoms with Gasteiger partial charge >= 0.3 is 0 Å². The molecule has 0 radical (unpaired) electrons. The van der Waals surface area contributed by atoms with Gasteiger partial charge in [-0.2, -0.15) is 9.36 Å². The fourth-order valence-corrected chi connectivity index (χ4v) is 4.40. The highest BCUT2D eigenvalue weighted by atomic mass is 32.1. The van der Waals surface area contributed by atoms with Crippen molar-refractivity contribution in [1.29, 1.82) is 0 Å². The molecule has 7 nitrogen and oxygen atoms in total. The van der Waals surface area contributed by atoms with Crippen molar-refractivity contribution in [2.24, 2.45) is 5.92 Å². The fourth-order valence-electron chi connectivity index (χ4n) is 3.75. The minimum Gasteiger partial charge on any atom is -0.459 e. The molecule has 0 aliphatic heterocycles. The van der Waals surface area contributed by atoms with E-state index in [4.69, 9.17) is 4.42 Å². The summed E-state index contributed by atoms with van der Waals surface area (Å²) in [6, 6.07) is 4.29. The molecule has 3 aromatic rings. The molecule has 0 spiro atoms. The Balaban J connectivity index is 1.48. The number of fused-ring (bicyclic) bond motifs is 1. The topological polar surface area (TPSA) is 79.1 Å². The molecule has 0 saturated heterocycles. The van der Waals surface area contributed by atoms with Gasteiger partial charge in [-0.1, -0.05) is 0 Å². The van der Waals surface area contributed by atoms with Crippen LogP contribution in [0.2, 0.25) is 0 Å². The molecular weight excluding hydrogens is 360 g/mol. The van der Waals surface area contributed by atoms with Crippen LogP contribution >= 0.6 is 11.5 Å². The monoisotopic (exact) mass is 386 g/mol. The molecule has 1 fully saturated rings. The van der Waals surface area contributed by atoms with Crippen molar-refractivity contribution in [3.63, 3.8) is 0 Å². The molecule has 2 N–H and O–H groups in total. The summed E-state index contributed by atoms with van der Waals surface area (Å²) in [5.41, 5.74) is 2.51. The summed E-state index contributed by atoms with van der Waals surface area (Å²) < 4.78 is 9.94. The predicted molar refractivity (Wildman–Crippen MR) is 110 cm³/mol. The third-order valence-electron chi connectivity index (χ3n) is 4.98. The highest BCUT2D eigenvalue weighted by Gasteiger charge is 2.23. The number of nitrogens with zero attached hydrogens (tertiary/aromatic N) is 4. The molecule has 1 aliphatic rings. The minimum absolute atomic E-state index is 0.421. The first-order valence-corrected chi connectivity index (χ1v) is 10.2. The number of furan rings is 1. The average molecular weight is 387 g/mol. The van der Waals surface area contributed by atoms with E-state index in [2.05, 4.69) is 44.0 Å². The Morgan fingerprint density at radius 2 is 2.04 bits per heavy atom. The van der Waals surface area contributed by atoms with Crippen molar-refractivity contribution in [2.75, 3.05) is 31.3 Å². The van der Waals surface area contributed by atoms with Gasteiger partial charge in [-0.3, -0.25) is 0 Å². The number of hydrogen-bond donors (Lipinski definition) is 2. The van der Waals surface area contributed by atoms with Gasteiger partial charge in [0.1, 0.15) is 10.5 Å². The van der Waals surface area contributed by atoms with E-state index in [9.17, 15) is 0 Å². The van der Waals surface area contributed by atoms with Crippen LogP contribution in [0.25, 0.3) is 11.1 Å². The van der Waals surface area contributed by atoms with Crippen molar-refractivity contribution in [3.05, 3.63) is 24.1 Å². The molecule has 3 aromatic heterocycles. The number of aryl methyl sites for hydroxylation is 1. The summed E-state index contributed by atoms with van der Waals surface area (Å²) in [5, 5.41) is 7.80. The maximum absolute atomic E-state index is 5.64. The predicted octanol–water partition coefficient (Wildman–Crippen LogP) is 4.26. The highest BCUT2D eigenvalue weighted by molar-refractivity contribution is 7.10. The maximum Gasteiger partial charge on any atom is 0.230 e. The van der Waals surface area contributed by atoms with Gasteiger partial charge in [0.25, 0.3) is 0 Å². The zero-order chi connectivity index (χ0) is 18.8. The lowest BCUT2D eigenvalue weighted by Crippen LogP contribution is -2.31. The second-order valence-corrected chi connectivity index (χ2v) is 8.42. The van der Waals surface area contributed by atoms with E-state index in [-0.39, 0.29) is 0 Å². The van der Waals surface area contributed by atoms with E-state index in [1.165, 1.54) is 30.9 Å². The molecule has 27 heavy (non-hydrogen) atoms. The number of aromatic nitrogens is 3.